The molecule has 1 aromatic rings. The summed E-state index contributed by atoms with van der Waals surface area (Å²) >= 11 is 1.69. The normalized spacial score (nSPS) is 20.1. The van der Waals surface area contributed by atoms with Crippen LogP contribution in [-0.2, 0) is 0 Å². The lowest BCUT2D eigenvalue weighted by Crippen LogP contribution is -2.32. The smallest absolute Gasteiger partial charge is 0.253 e. The molecule has 0 N–H and O–H groups in total. The summed E-state index contributed by atoms with van der Waals surface area (Å²) in [7, 11) is 0. The molecule has 1 atom stereocenters. The summed E-state index contributed by atoms with van der Waals surface area (Å²) in [4.78, 5) is 3.99. The topological polar surface area (TPSA) is 16.1 Å². The molecule has 2 heterocycles. The van der Waals surface area contributed by atoms with Gasteiger partial charge in [-0.15, -0.1) is 0 Å². The van der Waals surface area contributed by atoms with Gasteiger partial charge in [0, 0.05) is 18.3 Å². The van der Waals surface area contributed by atoms with E-state index in [0.29, 0.717) is 13.1 Å². The van der Waals surface area contributed by atoms with E-state index in [9.17, 15) is 17.6 Å². The molecule has 2 rings (SSSR count). The van der Waals surface area contributed by atoms with Gasteiger partial charge >= 0.3 is 0 Å². The van der Waals surface area contributed by atoms with Crippen LogP contribution in [0.1, 0.15) is 26.2 Å². The summed E-state index contributed by atoms with van der Waals surface area (Å²) in [5.74, 6) is -5.12. The number of anilines is 1. The van der Waals surface area contributed by atoms with Crippen LogP contribution in [0.15, 0.2) is 0 Å². The molecular weight excluding hydrogens is 292 g/mol. The van der Waals surface area contributed by atoms with Gasteiger partial charge in [-0.25, -0.2) is 0 Å². The highest BCUT2D eigenvalue weighted by atomic mass is 32.2. The number of hydrogen-bond acceptors (Lipinski definition) is 3. The van der Waals surface area contributed by atoms with E-state index >= 15 is 0 Å². The number of halogens is 4. The molecule has 0 spiro atoms. The van der Waals surface area contributed by atoms with Gasteiger partial charge in [0.05, 0.1) is 0 Å². The van der Waals surface area contributed by atoms with Gasteiger partial charge in [0.1, 0.15) is 5.69 Å². The Labute approximate surface area is 119 Å². The Morgan fingerprint density at radius 2 is 1.80 bits per heavy atom. The number of aromatic nitrogens is 1. The van der Waals surface area contributed by atoms with Crippen molar-refractivity contribution >= 4 is 17.4 Å². The van der Waals surface area contributed by atoms with E-state index < -0.39 is 29.2 Å². The molecule has 1 aromatic heterocycles. The first-order valence-electron chi connectivity index (χ1n) is 6.61. The van der Waals surface area contributed by atoms with E-state index in [1.807, 2.05) is 6.92 Å². The molecule has 1 aliphatic rings. The average Bonchev–Trinajstić information content (AvgIpc) is 2.63. The fourth-order valence-electron chi connectivity index (χ4n) is 2.43. The number of nitrogens with zero attached hydrogens (tertiary/aromatic N) is 2. The summed E-state index contributed by atoms with van der Waals surface area (Å²) in [5.41, 5.74) is -0.626. The summed E-state index contributed by atoms with van der Waals surface area (Å²) in [6, 6.07) is 0. The lowest BCUT2D eigenvalue weighted by Gasteiger charge is -2.26. The maximum absolute atomic E-state index is 13.8. The van der Waals surface area contributed by atoms with E-state index in [0.717, 1.165) is 25.0 Å². The molecule has 1 unspecified atom stereocenters. The van der Waals surface area contributed by atoms with Crippen LogP contribution in [0.25, 0.3) is 0 Å². The Balaban J connectivity index is 2.34. The maximum atomic E-state index is 13.8. The highest BCUT2D eigenvalue weighted by molar-refractivity contribution is 7.99. The zero-order chi connectivity index (χ0) is 14.7. The van der Waals surface area contributed by atoms with Crippen LogP contribution in [0.4, 0.5) is 23.2 Å². The van der Waals surface area contributed by atoms with Crippen molar-refractivity contribution in [1.29, 1.82) is 0 Å². The summed E-state index contributed by atoms with van der Waals surface area (Å²) < 4.78 is 54.0. The number of thioether (sulfide) groups is 1. The first kappa shape index (κ1) is 15.4. The predicted octanol–water partition coefficient (Wildman–Crippen LogP) is 3.75. The molecule has 1 aliphatic heterocycles. The Hall–Kier alpha value is -0.980. The van der Waals surface area contributed by atoms with E-state index in [-0.39, 0.29) is 5.25 Å². The van der Waals surface area contributed by atoms with Crippen molar-refractivity contribution in [2.75, 3.05) is 23.7 Å². The minimum absolute atomic E-state index is 0.209. The van der Waals surface area contributed by atoms with Crippen molar-refractivity contribution in [3.05, 3.63) is 23.5 Å². The number of hydrogen-bond donors (Lipinski definition) is 0. The Morgan fingerprint density at radius 3 is 2.40 bits per heavy atom. The van der Waals surface area contributed by atoms with Gasteiger partial charge in [-0.2, -0.15) is 34.3 Å². The molecule has 0 aliphatic carbocycles. The van der Waals surface area contributed by atoms with Gasteiger partial charge in [0.25, 0.3) is 11.9 Å². The van der Waals surface area contributed by atoms with Crippen molar-refractivity contribution in [1.82, 2.24) is 4.98 Å². The summed E-state index contributed by atoms with van der Waals surface area (Å²) in [6.45, 7) is 2.78. The second-order valence-electron chi connectivity index (χ2n) is 4.69. The molecular formula is C13H16F4N2S. The van der Waals surface area contributed by atoms with Crippen LogP contribution in [0, 0.1) is 23.5 Å². The van der Waals surface area contributed by atoms with Crippen LogP contribution in [-0.4, -0.2) is 29.1 Å². The maximum Gasteiger partial charge on any atom is 0.253 e. The third-order valence-electron chi connectivity index (χ3n) is 3.32. The first-order valence-corrected chi connectivity index (χ1v) is 7.66. The average molecular weight is 308 g/mol. The zero-order valence-corrected chi connectivity index (χ0v) is 12.0. The van der Waals surface area contributed by atoms with Crippen LogP contribution in [0.5, 0.6) is 0 Å². The second-order valence-corrected chi connectivity index (χ2v) is 6.27. The van der Waals surface area contributed by atoms with Crippen molar-refractivity contribution < 1.29 is 17.6 Å². The number of rotatable bonds is 3. The summed E-state index contributed by atoms with van der Waals surface area (Å²) in [5, 5.41) is 0.209. The predicted molar refractivity (Wildman–Crippen MR) is 72.1 cm³/mol. The molecule has 0 aromatic carbocycles. The van der Waals surface area contributed by atoms with Gasteiger partial charge in [0.2, 0.25) is 11.6 Å². The molecule has 7 heteroatoms. The SMILES string of the molecule is CCSC1CCCCN(c2c(F)c(F)nc(F)c2F)C1. The number of pyridine rings is 1. The molecule has 20 heavy (non-hydrogen) atoms. The minimum atomic E-state index is -1.59. The van der Waals surface area contributed by atoms with Gasteiger partial charge in [-0.3, -0.25) is 0 Å². The summed E-state index contributed by atoms with van der Waals surface area (Å²) in [6.07, 6.45) is 2.62. The highest BCUT2D eigenvalue weighted by Gasteiger charge is 2.28. The molecule has 0 radical (unpaired) electrons. The van der Waals surface area contributed by atoms with Crippen molar-refractivity contribution in [2.24, 2.45) is 0 Å². The van der Waals surface area contributed by atoms with Crippen LogP contribution >= 0.6 is 11.8 Å². The minimum Gasteiger partial charge on any atom is -0.365 e. The molecule has 0 amide bonds. The van der Waals surface area contributed by atoms with Gasteiger partial charge < -0.3 is 4.90 Å². The van der Waals surface area contributed by atoms with Crippen LogP contribution < -0.4 is 4.90 Å². The molecule has 1 fully saturated rings. The van der Waals surface area contributed by atoms with Crippen molar-refractivity contribution in [2.45, 2.75) is 31.4 Å². The standard InChI is InChI=1S/C13H16F4N2S/c1-2-20-8-5-3-4-6-19(7-8)11-9(14)12(16)18-13(17)10(11)15/h8H,2-7H2,1H3. The monoisotopic (exact) mass is 308 g/mol. The Morgan fingerprint density at radius 1 is 1.15 bits per heavy atom. The fraction of sp³-hybridized carbons (Fsp3) is 0.615. The molecule has 1 saturated heterocycles. The quantitative estimate of drug-likeness (QED) is 0.625. The van der Waals surface area contributed by atoms with Crippen LogP contribution in [0.2, 0.25) is 0 Å². The molecule has 0 bridgehead atoms. The van der Waals surface area contributed by atoms with Gasteiger partial charge in [-0.1, -0.05) is 13.3 Å². The Kier molecular flexibility index (Phi) is 5.12. The van der Waals surface area contributed by atoms with Crippen molar-refractivity contribution in [3.8, 4) is 0 Å². The molecule has 0 saturated carbocycles. The van der Waals surface area contributed by atoms with Crippen molar-refractivity contribution in [3.63, 3.8) is 0 Å². The second kappa shape index (κ2) is 6.65. The highest BCUT2D eigenvalue weighted by Crippen LogP contribution is 2.30. The lowest BCUT2D eigenvalue weighted by molar-refractivity contribution is 0.406. The lowest BCUT2D eigenvalue weighted by atomic mass is 10.2. The van der Waals surface area contributed by atoms with E-state index in [1.165, 1.54) is 4.90 Å². The van der Waals surface area contributed by atoms with E-state index in [2.05, 4.69) is 4.98 Å². The third kappa shape index (κ3) is 3.19. The van der Waals surface area contributed by atoms with Crippen LogP contribution in [0.3, 0.4) is 0 Å². The van der Waals surface area contributed by atoms with E-state index in [1.54, 1.807) is 11.8 Å². The molecule has 112 valence electrons. The van der Waals surface area contributed by atoms with E-state index in [4.69, 9.17) is 0 Å². The molecule has 2 nitrogen and oxygen atoms in total. The first-order chi connectivity index (χ1) is 9.54. The van der Waals surface area contributed by atoms with Gasteiger partial charge in [-0.05, 0) is 18.6 Å². The van der Waals surface area contributed by atoms with Gasteiger partial charge in [0.15, 0.2) is 0 Å². The zero-order valence-electron chi connectivity index (χ0n) is 11.1. The third-order valence-corrected chi connectivity index (χ3v) is 4.51. The fourth-order valence-corrected chi connectivity index (χ4v) is 3.52. The Bertz CT molecular complexity index is 458. The largest absolute Gasteiger partial charge is 0.365 e.